The van der Waals surface area contributed by atoms with E-state index in [4.69, 9.17) is 10.5 Å². The maximum absolute atomic E-state index is 14.9. The van der Waals surface area contributed by atoms with Gasteiger partial charge in [-0.05, 0) is 73.1 Å². The molecule has 3 aromatic rings. The number of rotatable bonds is 6. The molecule has 2 nitrogen and oxygen atoms in total. The first kappa shape index (κ1) is 20.0. The van der Waals surface area contributed by atoms with Crippen LogP contribution < -0.4 is 10.5 Å². The average molecular weight is 414 g/mol. The van der Waals surface area contributed by atoms with Gasteiger partial charge in [0.05, 0.1) is 11.7 Å². The minimum absolute atomic E-state index is 0.00430. The summed E-state index contributed by atoms with van der Waals surface area (Å²) in [6, 6.07) is 13.8. The Morgan fingerprint density at radius 2 is 1.66 bits per heavy atom. The maximum atomic E-state index is 14.9. The van der Waals surface area contributed by atoms with Crippen molar-refractivity contribution in [2.45, 2.75) is 51.2 Å². The van der Waals surface area contributed by atoms with Crippen LogP contribution in [0.3, 0.4) is 0 Å². The molecule has 0 amide bonds. The van der Waals surface area contributed by atoms with Crippen LogP contribution >= 0.6 is 11.3 Å². The molecule has 0 bridgehead atoms. The van der Waals surface area contributed by atoms with Crippen LogP contribution in [0.15, 0.2) is 48.5 Å². The van der Waals surface area contributed by atoms with Gasteiger partial charge in [-0.25, -0.2) is 8.78 Å². The van der Waals surface area contributed by atoms with Crippen molar-refractivity contribution in [1.29, 1.82) is 0 Å². The monoisotopic (exact) mass is 413 g/mol. The van der Waals surface area contributed by atoms with E-state index in [1.807, 2.05) is 31.2 Å². The van der Waals surface area contributed by atoms with Gasteiger partial charge in [0.1, 0.15) is 11.6 Å². The Bertz CT molecular complexity index is 954. The fourth-order valence-electron chi connectivity index (χ4n) is 3.82. The zero-order valence-corrected chi connectivity index (χ0v) is 17.3. The SMILES string of the molecule is CCC(N)c1ccc(-c2cc(F)c(-c3ccc(OC4CCCC4)s3)c(F)c2)cc1. The van der Waals surface area contributed by atoms with Crippen LogP contribution in [0.2, 0.25) is 0 Å². The van der Waals surface area contributed by atoms with Crippen LogP contribution in [0.1, 0.15) is 50.6 Å². The zero-order chi connectivity index (χ0) is 20.4. The topological polar surface area (TPSA) is 35.2 Å². The molecule has 4 rings (SSSR count). The number of hydrogen-bond acceptors (Lipinski definition) is 3. The van der Waals surface area contributed by atoms with E-state index in [0.29, 0.717) is 10.4 Å². The van der Waals surface area contributed by atoms with Crippen molar-refractivity contribution < 1.29 is 13.5 Å². The maximum Gasteiger partial charge on any atom is 0.174 e. The molecule has 1 saturated carbocycles. The Morgan fingerprint density at radius 1 is 1.00 bits per heavy atom. The molecule has 1 fully saturated rings. The summed E-state index contributed by atoms with van der Waals surface area (Å²) in [6.45, 7) is 2.02. The summed E-state index contributed by atoms with van der Waals surface area (Å²) in [5, 5.41) is 0.720. The zero-order valence-electron chi connectivity index (χ0n) is 16.5. The van der Waals surface area contributed by atoms with E-state index in [0.717, 1.165) is 35.5 Å². The van der Waals surface area contributed by atoms with E-state index in [9.17, 15) is 8.78 Å². The lowest BCUT2D eigenvalue weighted by molar-refractivity contribution is 0.217. The van der Waals surface area contributed by atoms with Gasteiger partial charge < -0.3 is 10.5 Å². The van der Waals surface area contributed by atoms with Crippen molar-refractivity contribution in [3.05, 3.63) is 65.7 Å². The minimum atomic E-state index is -0.566. The Morgan fingerprint density at radius 3 is 2.28 bits per heavy atom. The Balaban J connectivity index is 1.58. The van der Waals surface area contributed by atoms with Crippen molar-refractivity contribution in [2.24, 2.45) is 5.73 Å². The van der Waals surface area contributed by atoms with Crippen LogP contribution in [-0.2, 0) is 0 Å². The number of halogens is 2. The summed E-state index contributed by atoms with van der Waals surface area (Å²) in [4.78, 5) is 0.545. The summed E-state index contributed by atoms with van der Waals surface area (Å²) >= 11 is 1.29. The summed E-state index contributed by atoms with van der Waals surface area (Å²) in [7, 11) is 0. The molecule has 0 saturated heterocycles. The molecule has 1 atom stereocenters. The second kappa shape index (κ2) is 8.64. The van der Waals surface area contributed by atoms with E-state index in [1.54, 1.807) is 12.1 Å². The van der Waals surface area contributed by atoms with E-state index < -0.39 is 11.6 Å². The molecule has 1 aliphatic rings. The summed E-state index contributed by atoms with van der Waals surface area (Å²) in [5.41, 5.74) is 8.34. The number of thiophene rings is 1. The molecule has 1 heterocycles. The third-order valence-electron chi connectivity index (χ3n) is 5.57. The predicted octanol–water partition coefficient (Wildman–Crippen LogP) is 7.09. The van der Waals surface area contributed by atoms with Crippen molar-refractivity contribution in [3.63, 3.8) is 0 Å². The average Bonchev–Trinajstić information content (AvgIpc) is 3.40. The lowest BCUT2D eigenvalue weighted by Gasteiger charge is -2.11. The first-order valence-electron chi connectivity index (χ1n) is 10.2. The molecule has 5 heteroatoms. The second-order valence-corrected chi connectivity index (χ2v) is 8.64. The highest BCUT2D eigenvalue weighted by Gasteiger charge is 2.20. The third kappa shape index (κ3) is 4.36. The van der Waals surface area contributed by atoms with Crippen molar-refractivity contribution in [1.82, 2.24) is 0 Å². The van der Waals surface area contributed by atoms with E-state index in [1.165, 1.54) is 36.3 Å². The number of ether oxygens (including phenoxy) is 1. The highest BCUT2D eigenvalue weighted by molar-refractivity contribution is 7.17. The molecular formula is C24H25F2NOS. The largest absolute Gasteiger partial charge is 0.481 e. The van der Waals surface area contributed by atoms with Gasteiger partial charge in [0.25, 0.3) is 0 Å². The van der Waals surface area contributed by atoms with Crippen LogP contribution in [0, 0.1) is 11.6 Å². The summed E-state index contributed by atoms with van der Waals surface area (Å²) in [6.07, 6.45) is 5.52. The highest BCUT2D eigenvalue weighted by Crippen LogP contribution is 2.39. The molecule has 1 aromatic heterocycles. The van der Waals surface area contributed by atoms with Crippen molar-refractivity contribution in [2.75, 3.05) is 0 Å². The molecule has 1 unspecified atom stereocenters. The van der Waals surface area contributed by atoms with Gasteiger partial charge >= 0.3 is 0 Å². The number of hydrogen-bond donors (Lipinski definition) is 1. The molecule has 29 heavy (non-hydrogen) atoms. The molecule has 0 radical (unpaired) electrons. The first-order chi connectivity index (χ1) is 14.0. The Kier molecular flexibility index (Phi) is 5.97. The van der Waals surface area contributed by atoms with Crippen molar-refractivity contribution in [3.8, 4) is 26.6 Å². The van der Waals surface area contributed by atoms with Gasteiger partial charge in [-0.1, -0.05) is 42.5 Å². The lowest BCUT2D eigenvalue weighted by atomic mass is 9.98. The highest BCUT2D eigenvalue weighted by atomic mass is 32.1. The van der Waals surface area contributed by atoms with E-state index >= 15 is 0 Å². The van der Waals surface area contributed by atoms with Crippen LogP contribution in [0.25, 0.3) is 21.6 Å². The molecule has 0 aliphatic heterocycles. The standard InChI is InChI=1S/C24H25F2NOS/c1-2-21(27)16-9-7-15(8-10-16)17-13-19(25)24(20(26)14-17)22-11-12-23(29-22)28-18-5-3-4-6-18/h7-14,18,21H,2-6,27H2,1H3. The van der Waals surface area contributed by atoms with Crippen LogP contribution in [-0.4, -0.2) is 6.10 Å². The smallest absolute Gasteiger partial charge is 0.174 e. The molecule has 2 N–H and O–H groups in total. The van der Waals surface area contributed by atoms with E-state index in [-0.39, 0.29) is 17.7 Å². The van der Waals surface area contributed by atoms with Gasteiger partial charge in [-0.3, -0.25) is 0 Å². The van der Waals surface area contributed by atoms with Gasteiger partial charge in [0.2, 0.25) is 0 Å². The van der Waals surface area contributed by atoms with Gasteiger partial charge in [-0.15, -0.1) is 0 Å². The fraction of sp³-hybridized carbons (Fsp3) is 0.333. The number of benzene rings is 2. The molecule has 1 aliphatic carbocycles. The van der Waals surface area contributed by atoms with Gasteiger partial charge in [0.15, 0.2) is 5.06 Å². The van der Waals surface area contributed by atoms with Gasteiger partial charge in [0, 0.05) is 10.9 Å². The molecular weight excluding hydrogens is 388 g/mol. The first-order valence-corrected chi connectivity index (χ1v) is 11.0. The quantitative estimate of drug-likeness (QED) is 0.468. The second-order valence-electron chi connectivity index (χ2n) is 7.59. The van der Waals surface area contributed by atoms with Crippen molar-refractivity contribution >= 4 is 11.3 Å². The fourth-order valence-corrected chi connectivity index (χ4v) is 4.79. The molecule has 2 aromatic carbocycles. The normalized spacial score (nSPS) is 15.6. The Hall–Kier alpha value is -2.24. The van der Waals surface area contributed by atoms with Crippen LogP contribution in [0.5, 0.6) is 5.06 Å². The lowest BCUT2D eigenvalue weighted by Crippen LogP contribution is -2.09. The Labute approximate surface area is 174 Å². The summed E-state index contributed by atoms with van der Waals surface area (Å²) < 4.78 is 35.7. The third-order valence-corrected chi connectivity index (χ3v) is 6.56. The van der Waals surface area contributed by atoms with Gasteiger partial charge in [-0.2, -0.15) is 0 Å². The molecule has 0 spiro atoms. The number of nitrogens with two attached hydrogens (primary N) is 1. The summed E-state index contributed by atoms with van der Waals surface area (Å²) in [5.74, 6) is -1.13. The van der Waals surface area contributed by atoms with E-state index in [2.05, 4.69) is 0 Å². The molecule has 152 valence electrons. The minimum Gasteiger partial charge on any atom is -0.481 e. The van der Waals surface area contributed by atoms with Crippen LogP contribution in [0.4, 0.5) is 8.78 Å². The predicted molar refractivity (Wildman–Crippen MR) is 115 cm³/mol.